The van der Waals surface area contributed by atoms with Gasteiger partial charge in [0.1, 0.15) is 6.29 Å². The van der Waals surface area contributed by atoms with Gasteiger partial charge in [0.2, 0.25) is 0 Å². The van der Waals surface area contributed by atoms with E-state index < -0.39 is 0 Å². The molecular formula is C23H32O2. The average molecular weight is 341 g/mol. The molecule has 136 valence electrons. The van der Waals surface area contributed by atoms with Crippen LogP contribution in [0.2, 0.25) is 0 Å². The fourth-order valence-corrected chi connectivity index (χ4v) is 6.67. The van der Waals surface area contributed by atoms with Gasteiger partial charge in [-0.1, -0.05) is 38.0 Å². The van der Waals surface area contributed by atoms with Crippen LogP contribution in [0.3, 0.4) is 0 Å². The number of hydrogen-bond acceptors (Lipinski definition) is 2. The van der Waals surface area contributed by atoms with Crippen molar-refractivity contribution in [3.8, 4) is 0 Å². The summed E-state index contributed by atoms with van der Waals surface area (Å²) in [5, 5.41) is 0. The van der Waals surface area contributed by atoms with Crippen molar-refractivity contribution in [3.05, 3.63) is 23.3 Å². The lowest BCUT2D eigenvalue weighted by molar-refractivity contribution is -0.116. The Kier molecular flexibility index (Phi) is 4.29. The molecule has 7 unspecified atom stereocenters. The van der Waals surface area contributed by atoms with Gasteiger partial charge in [0.15, 0.2) is 5.78 Å². The number of rotatable bonds is 1. The Labute approximate surface area is 152 Å². The summed E-state index contributed by atoms with van der Waals surface area (Å²) in [6.07, 6.45) is 13.6. The maximum atomic E-state index is 11.9. The summed E-state index contributed by atoms with van der Waals surface area (Å²) in [6.45, 7) is 6.76. The minimum Gasteiger partial charge on any atom is -0.303 e. The number of carbonyl (C=O) groups excluding carboxylic acids is 2. The molecule has 0 bridgehead atoms. The molecule has 0 saturated heterocycles. The smallest absolute Gasteiger partial charge is 0.155 e. The van der Waals surface area contributed by atoms with Crippen LogP contribution >= 0.6 is 0 Å². The molecule has 0 N–H and O–H groups in total. The first kappa shape index (κ1) is 17.2. The molecule has 0 spiro atoms. The van der Waals surface area contributed by atoms with Gasteiger partial charge in [0.25, 0.3) is 0 Å². The fourth-order valence-electron chi connectivity index (χ4n) is 6.67. The van der Waals surface area contributed by atoms with E-state index in [0.717, 1.165) is 54.6 Å². The first-order valence-electron chi connectivity index (χ1n) is 10.4. The lowest BCUT2D eigenvalue weighted by atomic mass is 9.51. The molecule has 3 saturated carbocycles. The van der Waals surface area contributed by atoms with Crippen molar-refractivity contribution in [1.82, 2.24) is 0 Å². The summed E-state index contributed by atoms with van der Waals surface area (Å²) in [4.78, 5) is 21.1. The molecule has 25 heavy (non-hydrogen) atoms. The van der Waals surface area contributed by atoms with Gasteiger partial charge in [0, 0.05) is 12.8 Å². The third-order valence-corrected chi connectivity index (χ3v) is 8.00. The zero-order chi connectivity index (χ0) is 17.8. The Morgan fingerprint density at radius 3 is 2.76 bits per heavy atom. The number of allylic oxidation sites excluding steroid dienone is 4. The lowest BCUT2D eigenvalue weighted by Gasteiger charge is -2.53. The Morgan fingerprint density at radius 1 is 1.28 bits per heavy atom. The number of aldehydes is 1. The second-order valence-electron chi connectivity index (χ2n) is 9.30. The largest absolute Gasteiger partial charge is 0.303 e. The molecule has 0 aromatic heterocycles. The highest BCUT2D eigenvalue weighted by molar-refractivity contribution is 5.92. The summed E-state index contributed by atoms with van der Waals surface area (Å²) < 4.78 is 0. The third-order valence-electron chi connectivity index (χ3n) is 8.00. The summed E-state index contributed by atoms with van der Waals surface area (Å²) in [5.74, 6) is 5.52. The summed E-state index contributed by atoms with van der Waals surface area (Å²) in [7, 11) is 0. The van der Waals surface area contributed by atoms with Gasteiger partial charge in [-0.25, -0.2) is 0 Å². The van der Waals surface area contributed by atoms with E-state index in [1.165, 1.54) is 25.7 Å². The lowest BCUT2D eigenvalue weighted by Crippen LogP contribution is -2.46. The maximum Gasteiger partial charge on any atom is 0.155 e. The maximum absolute atomic E-state index is 11.9. The van der Waals surface area contributed by atoms with E-state index in [1.54, 1.807) is 5.57 Å². The Bertz CT molecular complexity index is 642. The van der Waals surface area contributed by atoms with Gasteiger partial charge in [-0.3, -0.25) is 4.79 Å². The van der Waals surface area contributed by atoms with Crippen molar-refractivity contribution >= 4 is 12.1 Å². The minimum absolute atomic E-state index is 0.341. The van der Waals surface area contributed by atoms with Crippen LogP contribution in [0, 0.1) is 40.9 Å². The molecule has 7 atom stereocenters. The zero-order valence-corrected chi connectivity index (χ0v) is 16.0. The van der Waals surface area contributed by atoms with Crippen molar-refractivity contribution in [2.75, 3.05) is 0 Å². The number of fused-ring (bicyclic) bond motifs is 8. The van der Waals surface area contributed by atoms with Crippen LogP contribution in [0.5, 0.6) is 0 Å². The molecule has 5 aliphatic carbocycles. The molecule has 0 aromatic carbocycles. The topological polar surface area (TPSA) is 34.1 Å². The van der Waals surface area contributed by atoms with E-state index in [4.69, 9.17) is 0 Å². The number of ketones is 1. The SMILES string of the molecule is CC1CC=C2C1CCC1C2C2CC2C2=CC(=O)CCC21C.CCC=O. The predicted octanol–water partition coefficient (Wildman–Crippen LogP) is 5.14. The van der Waals surface area contributed by atoms with Gasteiger partial charge in [-0.2, -0.15) is 0 Å². The highest BCUT2D eigenvalue weighted by Crippen LogP contribution is 2.71. The van der Waals surface area contributed by atoms with Crippen molar-refractivity contribution in [3.63, 3.8) is 0 Å². The highest BCUT2D eigenvalue weighted by Gasteiger charge is 2.63. The normalized spacial score (nSPS) is 46.3. The van der Waals surface area contributed by atoms with Crippen LogP contribution in [-0.4, -0.2) is 12.1 Å². The first-order chi connectivity index (χ1) is 12.0. The second kappa shape index (κ2) is 6.21. The standard InChI is InChI=1S/C20H26O.C3H6O/c1-11-3-4-14-13(11)5-6-17-19(14)16-10-15(16)18-9-12(21)7-8-20(17,18)2;1-2-3-4/h4,9,11,13,15-17,19H,3,5-8,10H2,1-2H3;3H,2H2,1H3. The summed E-state index contributed by atoms with van der Waals surface area (Å²) in [5.41, 5.74) is 3.76. The molecule has 2 heteroatoms. The van der Waals surface area contributed by atoms with Crippen LogP contribution in [0.4, 0.5) is 0 Å². The molecule has 3 fully saturated rings. The van der Waals surface area contributed by atoms with Crippen molar-refractivity contribution in [2.24, 2.45) is 40.9 Å². The Balaban J connectivity index is 0.000000358. The first-order valence-corrected chi connectivity index (χ1v) is 10.4. The van der Waals surface area contributed by atoms with Crippen LogP contribution < -0.4 is 0 Å². The van der Waals surface area contributed by atoms with Crippen LogP contribution in [-0.2, 0) is 9.59 Å². The second-order valence-corrected chi connectivity index (χ2v) is 9.30. The number of carbonyl (C=O) groups is 2. The van der Waals surface area contributed by atoms with Crippen molar-refractivity contribution in [2.45, 2.75) is 65.7 Å². The quantitative estimate of drug-likeness (QED) is 0.489. The molecule has 5 aliphatic rings. The molecule has 0 heterocycles. The van der Waals surface area contributed by atoms with E-state index in [0.29, 0.717) is 17.6 Å². The molecule has 0 aliphatic heterocycles. The highest BCUT2D eigenvalue weighted by atomic mass is 16.1. The van der Waals surface area contributed by atoms with Crippen LogP contribution in [0.15, 0.2) is 23.3 Å². The average Bonchev–Trinajstić information content (AvgIpc) is 3.33. The van der Waals surface area contributed by atoms with E-state index in [2.05, 4.69) is 26.0 Å². The van der Waals surface area contributed by atoms with E-state index >= 15 is 0 Å². The van der Waals surface area contributed by atoms with Gasteiger partial charge in [-0.15, -0.1) is 0 Å². The van der Waals surface area contributed by atoms with Gasteiger partial charge in [0.05, 0.1) is 0 Å². The number of hydrogen-bond donors (Lipinski definition) is 0. The third kappa shape index (κ3) is 2.59. The molecule has 2 nitrogen and oxygen atoms in total. The Hall–Kier alpha value is -1.18. The summed E-state index contributed by atoms with van der Waals surface area (Å²) in [6, 6.07) is 0. The van der Waals surface area contributed by atoms with Gasteiger partial charge < -0.3 is 4.79 Å². The van der Waals surface area contributed by atoms with Crippen molar-refractivity contribution in [1.29, 1.82) is 0 Å². The van der Waals surface area contributed by atoms with Gasteiger partial charge in [-0.05, 0) is 79.1 Å². The van der Waals surface area contributed by atoms with E-state index in [9.17, 15) is 9.59 Å². The predicted molar refractivity (Wildman–Crippen MR) is 100.0 cm³/mol. The van der Waals surface area contributed by atoms with Crippen molar-refractivity contribution < 1.29 is 9.59 Å². The molecular weight excluding hydrogens is 308 g/mol. The molecule has 0 aromatic rings. The monoisotopic (exact) mass is 340 g/mol. The van der Waals surface area contributed by atoms with E-state index in [1.807, 2.05) is 12.5 Å². The Morgan fingerprint density at radius 2 is 2.04 bits per heavy atom. The molecule has 0 amide bonds. The molecule has 0 radical (unpaired) electrons. The zero-order valence-electron chi connectivity index (χ0n) is 16.0. The summed E-state index contributed by atoms with van der Waals surface area (Å²) >= 11 is 0. The van der Waals surface area contributed by atoms with Crippen LogP contribution in [0.1, 0.15) is 65.7 Å². The van der Waals surface area contributed by atoms with Gasteiger partial charge >= 0.3 is 0 Å². The fraction of sp³-hybridized carbons (Fsp3) is 0.739. The van der Waals surface area contributed by atoms with Crippen LogP contribution in [0.25, 0.3) is 0 Å². The van der Waals surface area contributed by atoms with E-state index in [-0.39, 0.29) is 0 Å². The molecule has 5 rings (SSSR count). The minimum atomic E-state index is 0.341.